The normalized spacial score (nSPS) is 10.7. The number of nitrogens with zero attached hydrogens (tertiary/aromatic N) is 2. The second kappa shape index (κ2) is 5.77. The Labute approximate surface area is 94.0 Å². The lowest BCUT2D eigenvalue weighted by Crippen LogP contribution is -2.10. The molecule has 5 N–H and O–H groups in total. The van der Waals surface area contributed by atoms with Gasteiger partial charge in [-0.25, -0.2) is 10.8 Å². The van der Waals surface area contributed by atoms with Crippen LogP contribution in [0.3, 0.4) is 0 Å². The van der Waals surface area contributed by atoms with Crippen LogP contribution in [0, 0.1) is 5.92 Å². The van der Waals surface area contributed by atoms with Crippen molar-refractivity contribution in [1.29, 1.82) is 0 Å². The summed E-state index contributed by atoms with van der Waals surface area (Å²) in [5.41, 5.74) is 8.00. The quantitative estimate of drug-likeness (QED) is 0.305. The van der Waals surface area contributed by atoms with Gasteiger partial charge in [-0.15, -0.1) is 11.8 Å². The van der Waals surface area contributed by atoms with Crippen molar-refractivity contribution in [3.05, 3.63) is 6.07 Å². The van der Waals surface area contributed by atoms with Crippen LogP contribution in [0.15, 0.2) is 11.1 Å². The van der Waals surface area contributed by atoms with Crippen LogP contribution < -0.4 is 17.0 Å². The zero-order valence-electron chi connectivity index (χ0n) is 9.03. The molecule has 0 atom stereocenters. The van der Waals surface area contributed by atoms with Crippen LogP contribution >= 0.6 is 11.8 Å². The molecule has 5 nitrogen and oxygen atoms in total. The van der Waals surface area contributed by atoms with Gasteiger partial charge in [-0.2, -0.15) is 4.98 Å². The van der Waals surface area contributed by atoms with Gasteiger partial charge in [0.2, 0.25) is 5.95 Å². The number of anilines is 2. The third-order valence-electron chi connectivity index (χ3n) is 1.81. The van der Waals surface area contributed by atoms with Crippen molar-refractivity contribution in [1.82, 2.24) is 9.97 Å². The summed E-state index contributed by atoms with van der Waals surface area (Å²) in [4.78, 5) is 8.03. The second-order valence-electron chi connectivity index (χ2n) is 3.62. The van der Waals surface area contributed by atoms with Crippen molar-refractivity contribution in [3.63, 3.8) is 0 Å². The highest BCUT2D eigenvalue weighted by atomic mass is 32.2. The Balaban J connectivity index is 2.56. The van der Waals surface area contributed by atoms with Gasteiger partial charge in [-0.1, -0.05) is 13.8 Å². The minimum atomic E-state index is 0.248. The van der Waals surface area contributed by atoms with Crippen molar-refractivity contribution in [3.8, 4) is 0 Å². The van der Waals surface area contributed by atoms with Gasteiger partial charge in [0.15, 0.2) is 0 Å². The molecule has 6 heteroatoms. The molecule has 1 aromatic rings. The molecular weight excluding hydrogens is 210 g/mol. The van der Waals surface area contributed by atoms with E-state index in [1.165, 1.54) is 0 Å². The molecule has 15 heavy (non-hydrogen) atoms. The van der Waals surface area contributed by atoms with E-state index in [0.717, 1.165) is 17.2 Å². The first kappa shape index (κ1) is 12.1. The summed E-state index contributed by atoms with van der Waals surface area (Å²) in [6, 6.07) is 1.79. The first-order valence-electron chi connectivity index (χ1n) is 4.85. The molecule has 0 aliphatic carbocycles. The lowest BCUT2D eigenvalue weighted by Gasteiger charge is -2.06. The summed E-state index contributed by atoms with van der Waals surface area (Å²) in [6.45, 7) is 4.39. The van der Waals surface area contributed by atoms with Gasteiger partial charge in [-0.05, 0) is 18.1 Å². The van der Waals surface area contributed by atoms with Gasteiger partial charge in [0, 0.05) is 6.07 Å². The van der Waals surface area contributed by atoms with Crippen molar-refractivity contribution >= 4 is 23.5 Å². The first-order valence-corrected chi connectivity index (χ1v) is 5.84. The Kier molecular flexibility index (Phi) is 4.64. The number of hydrazine groups is 1. The largest absolute Gasteiger partial charge is 0.368 e. The fraction of sp³-hybridized carbons (Fsp3) is 0.556. The van der Waals surface area contributed by atoms with E-state index in [0.29, 0.717) is 11.7 Å². The van der Waals surface area contributed by atoms with Gasteiger partial charge in [0.1, 0.15) is 10.8 Å². The van der Waals surface area contributed by atoms with Crippen molar-refractivity contribution in [2.75, 3.05) is 16.9 Å². The number of aromatic nitrogens is 2. The lowest BCUT2D eigenvalue weighted by molar-refractivity contribution is 0.632. The van der Waals surface area contributed by atoms with E-state index in [4.69, 9.17) is 11.6 Å². The van der Waals surface area contributed by atoms with Crippen LogP contribution in [0.2, 0.25) is 0 Å². The molecule has 0 radical (unpaired) electrons. The predicted octanol–water partition coefficient (Wildman–Crippen LogP) is 1.48. The molecule has 1 aromatic heterocycles. The molecule has 0 fully saturated rings. The molecule has 0 saturated heterocycles. The van der Waals surface area contributed by atoms with E-state index in [-0.39, 0.29) is 5.95 Å². The smallest absolute Gasteiger partial charge is 0.223 e. The fourth-order valence-electron chi connectivity index (χ4n) is 0.990. The molecule has 0 saturated carbocycles. The molecular formula is C9H17N5S. The first-order chi connectivity index (χ1) is 7.11. The summed E-state index contributed by atoms with van der Waals surface area (Å²) >= 11 is 1.67. The zero-order valence-corrected chi connectivity index (χ0v) is 9.84. The minimum Gasteiger partial charge on any atom is -0.368 e. The second-order valence-corrected chi connectivity index (χ2v) is 4.74. The van der Waals surface area contributed by atoms with E-state index in [1.807, 2.05) is 0 Å². The van der Waals surface area contributed by atoms with E-state index in [2.05, 4.69) is 29.2 Å². The summed E-state index contributed by atoms with van der Waals surface area (Å²) in [7, 11) is 0. The number of nitrogens with one attached hydrogen (secondary N) is 1. The summed E-state index contributed by atoms with van der Waals surface area (Å²) in [6.07, 6.45) is 1.15. The topological polar surface area (TPSA) is 89.8 Å². The highest BCUT2D eigenvalue weighted by molar-refractivity contribution is 7.99. The Bertz CT molecular complexity index is 315. The summed E-state index contributed by atoms with van der Waals surface area (Å²) in [5.74, 6) is 7.78. The molecule has 0 spiro atoms. The van der Waals surface area contributed by atoms with Gasteiger partial charge in [0.25, 0.3) is 0 Å². The maximum Gasteiger partial charge on any atom is 0.223 e. The monoisotopic (exact) mass is 227 g/mol. The Morgan fingerprint density at radius 3 is 2.80 bits per heavy atom. The molecule has 84 valence electrons. The SMILES string of the molecule is CC(C)CCSc1cc(NN)nc(N)n1. The average molecular weight is 227 g/mol. The third-order valence-corrected chi connectivity index (χ3v) is 2.76. The van der Waals surface area contributed by atoms with E-state index >= 15 is 0 Å². The maximum atomic E-state index is 5.54. The molecule has 0 bridgehead atoms. The van der Waals surface area contributed by atoms with Crippen LogP contribution in [-0.4, -0.2) is 15.7 Å². The number of nitrogen functional groups attached to an aromatic ring is 2. The van der Waals surface area contributed by atoms with E-state index < -0.39 is 0 Å². The molecule has 1 rings (SSSR count). The minimum absolute atomic E-state index is 0.248. The number of hydrogen-bond acceptors (Lipinski definition) is 6. The van der Waals surface area contributed by atoms with E-state index in [9.17, 15) is 0 Å². The molecule has 0 amide bonds. The van der Waals surface area contributed by atoms with E-state index in [1.54, 1.807) is 17.8 Å². The van der Waals surface area contributed by atoms with Gasteiger partial charge >= 0.3 is 0 Å². The number of thioether (sulfide) groups is 1. The number of hydrogen-bond donors (Lipinski definition) is 3. The average Bonchev–Trinajstić information content (AvgIpc) is 2.16. The Hall–Kier alpha value is -1.01. The van der Waals surface area contributed by atoms with Gasteiger partial charge < -0.3 is 11.2 Å². The Morgan fingerprint density at radius 2 is 2.20 bits per heavy atom. The zero-order chi connectivity index (χ0) is 11.3. The number of nitrogens with two attached hydrogens (primary N) is 2. The summed E-state index contributed by atoms with van der Waals surface area (Å²) < 4.78 is 0. The van der Waals surface area contributed by atoms with Crippen LogP contribution in [-0.2, 0) is 0 Å². The van der Waals surface area contributed by atoms with Crippen LogP contribution in [0.1, 0.15) is 20.3 Å². The third kappa shape index (κ3) is 4.35. The summed E-state index contributed by atoms with van der Waals surface area (Å²) in [5, 5.41) is 0.858. The van der Waals surface area contributed by atoms with Crippen LogP contribution in [0.25, 0.3) is 0 Å². The lowest BCUT2D eigenvalue weighted by atomic mass is 10.2. The highest BCUT2D eigenvalue weighted by Gasteiger charge is 2.02. The Morgan fingerprint density at radius 1 is 1.47 bits per heavy atom. The molecule has 0 aromatic carbocycles. The van der Waals surface area contributed by atoms with Crippen LogP contribution in [0.5, 0.6) is 0 Å². The van der Waals surface area contributed by atoms with Crippen LogP contribution in [0.4, 0.5) is 11.8 Å². The molecule has 0 aliphatic rings. The standard InChI is InChI=1S/C9H17N5S/c1-6(2)3-4-15-8-5-7(14-11)12-9(10)13-8/h5-6H,3-4,11H2,1-2H3,(H3,10,12,13,14). The molecule has 0 aliphatic heterocycles. The van der Waals surface area contributed by atoms with Gasteiger partial charge in [-0.3, -0.25) is 0 Å². The van der Waals surface area contributed by atoms with Crippen molar-refractivity contribution in [2.45, 2.75) is 25.3 Å². The predicted molar refractivity (Wildman–Crippen MR) is 64.4 cm³/mol. The number of rotatable bonds is 5. The molecule has 0 unspecified atom stereocenters. The molecule has 1 heterocycles. The van der Waals surface area contributed by atoms with Crippen molar-refractivity contribution in [2.24, 2.45) is 11.8 Å². The van der Waals surface area contributed by atoms with Gasteiger partial charge in [0.05, 0.1) is 0 Å². The fourth-order valence-corrected chi connectivity index (χ4v) is 2.14. The van der Waals surface area contributed by atoms with Crippen molar-refractivity contribution < 1.29 is 0 Å². The maximum absolute atomic E-state index is 5.54. The highest BCUT2D eigenvalue weighted by Crippen LogP contribution is 2.21.